The molecule has 0 bridgehead atoms. The number of carbonyl (C=O) groups excluding carboxylic acids is 1. The summed E-state index contributed by atoms with van der Waals surface area (Å²) in [6, 6.07) is 4.06. The molecule has 0 aromatic heterocycles. The van der Waals surface area contributed by atoms with Crippen LogP contribution in [0.25, 0.3) is 0 Å². The molecule has 1 rings (SSSR count). The predicted octanol–water partition coefficient (Wildman–Crippen LogP) is 2.21. The summed E-state index contributed by atoms with van der Waals surface area (Å²) in [6.07, 6.45) is -1.09. The average Bonchev–Trinajstić information content (AvgIpc) is 2.25. The Morgan fingerprint density at radius 1 is 1.44 bits per heavy atom. The third-order valence-electron chi connectivity index (χ3n) is 2.06. The number of Topliss-reactive ketones (excluding diaryl/α,β-unsaturated/α-hetero) is 1. The molecule has 0 heterocycles. The van der Waals surface area contributed by atoms with Crippen molar-refractivity contribution in [3.05, 3.63) is 34.6 Å². The molecule has 0 atom stereocenters. The molecule has 0 unspecified atom stereocenters. The molecule has 3 nitrogen and oxygen atoms in total. The maximum atomic E-state index is 13.3. The van der Waals surface area contributed by atoms with Gasteiger partial charge in [-0.3, -0.25) is 4.79 Å². The summed E-state index contributed by atoms with van der Waals surface area (Å²) < 4.78 is 22.9. The Balaban J connectivity index is 2.80. The average molecular weight is 247 g/mol. The molecule has 0 amide bonds. The van der Waals surface area contributed by atoms with Gasteiger partial charge in [-0.05, 0) is 23.8 Å². The van der Waals surface area contributed by atoms with Gasteiger partial charge in [0.25, 0.3) is 0 Å². The summed E-state index contributed by atoms with van der Waals surface area (Å²) in [5, 5.41) is 0.385. The first kappa shape index (κ1) is 13.1. The molecule has 0 aliphatic heterocycles. The van der Waals surface area contributed by atoms with Crippen LogP contribution in [0.4, 0.5) is 4.39 Å². The van der Waals surface area contributed by atoms with Gasteiger partial charge >= 0.3 is 0 Å². The Morgan fingerprint density at radius 2 is 2.06 bits per heavy atom. The van der Waals surface area contributed by atoms with Crippen LogP contribution in [-0.4, -0.2) is 26.3 Å². The highest BCUT2D eigenvalue weighted by molar-refractivity contribution is 6.30. The topological polar surface area (TPSA) is 35.5 Å². The van der Waals surface area contributed by atoms with E-state index in [1.54, 1.807) is 0 Å². The van der Waals surface area contributed by atoms with Crippen LogP contribution in [0.5, 0.6) is 0 Å². The smallest absolute Gasteiger partial charge is 0.217 e. The van der Waals surface area contributed by atoms with Crippen molar-refractivity contribution in [3.63, 3.8) is 0 Å². The van der Waals surface area contributed by atoms with E-state index in [2.05, 4.69) is 0 Å². The van der Waals surface area contributed by atoms with Crippen LogP contribution in [0, 0.1) is 5.82 Å². The first-order chi connectivity index (χ1) is 7.58. The van der Waals surface area contributed by atoms with Crippen LogP contribution < -0.4 is 0 Å². The van der Waals surface area contributed by atoms with E-state index >= 15 is 0 Å². The lowest BCUT2D eigenvalue weighted by molar-refractivity contribution is -0.155. The summed E-state index contributed by atoms with van der Waals surface area (Å²) in [7, 11) is 2.70. The Hall–Kier alpha value is -0.970. The van der Waals surface area contributed by atoms with Gasteiger partial charge < -0.3 is 9.47 Å². The van der Waals surface area contributed by atoms with Gasteiger partial charge in [-0.15, -0.1) is 0 Å². The number of carbonyl (C=O) groups is 1. The number of rotatable bonds is 5. The van der Waals surface area contributed by atoms with E-state index in [0.717, 1.165) is 0 Å². The molecule has 0 fully saturated rings. The van der Waals surface area contributed by atoms with Crippen molar-refractivity contribution < 1.29 is 18.7 Å². The molecular formula is C11H12ClFO3. The summed E-state index contributed by atoms with van der Waals surface area (Å²) in [6.45, 7) is 0. The van der Waals surface area contributed by atoms with E-state index in [4.69, 9.17) is 21.1 Å². The maximum absolute atomic E-state index is 13.3. The van der Waals surface area contributed by atoms with E-state index in [1.807, 2.05) is 0 Å². The largest absolute Gasteiger partial charge is 0.349 e. The lowest BCUT2D eigenvalue weighted by Gasteiger charge is -2.12. The van der Waals surface area contributed by atoms with Crippen molar-refractivity contribution in [1.29, 1.82) is 0 Å². The normalized spacial score (nSPS) is 10.8. The van der Waals surface area contributed by atoms with E-state index in [-0.39, 0.29) is 17.8 Å². The molecule has 0 radical (unpaired) electrons. The van der Waals surface area contributed by atoms with Gasteiger partial charge in [-0.25, -0.2) is 4.39 Å². The van der Waals surface area contributed by atoms with Crippen molar-refractivity contribution in [3.8, 4) is 0 Å². The summed E-state index contributed by atoms with van der Waals surface area (Å²) in [4.78, 5) is 11.6. The third kappa shape index (κ3) is 3.27. The summed E-state index contributed by atoms with van der Waals surface area (Å²) in [5.74, 6) is -0.824. The highest BCUT2D eigenvalue weighted by atomic mass is 35.5. The summed E-state index contributed by atoms with van der Waals surface area (Å²) in [5.41, 5.74) is 0.233. The molecule has 0 N–H and O–H groups in total. The highest BCUT2D eigenvalue weighted by Crippen LogP contribution is 2.16. The van der Waals surface area contributed by atoms with Crippen LogP contribution in [0.15, 0.2) is 18.2 Å². The monoisotopic (exact) mass is 246 g/mol. The zero-order valence-electron chi connectivity index (χ0n) is 9.00. The van der Waals surface area contributed by atoms with Crippen molar-refractivity contribution in [2.24, 2.45) is 0 Å². The number of methoxy groups -OCH3 is 2. The molecular weight excluding hydrogens is 235 g/mol. The molecule has 0 spiro atoms. The van der Waals surface area contributed by atoms with Crippen molar-refractivity contribution in [1.82, 2.24) is 0 Å². The standard InChI is InChI=1S/C11H12ClFO3/c1-15-11(16-2)10(14)6-7-5-8(12)3-4-9(7)13/h3-5,11H,6H2,1-2H3. The SMILES string of the molecule is COC(OC)C(=O)Cc1cc(Cl)ccc1F. The van der Waals surface area contributed by atoms with Gasteiger partial charge in [0.15, 0.2) is 5.78 Å². The van der Waals surface area contributed by atoms with Crippen molar-refractivity contribution in [2.75, 3.05) is 14.2 Å². The number of halogens is 2. The van der Waals surface area contributed by atoms with Gasteiger partial charge in [-0.1, -0.05) is 11.6 Å². The molecule has 0 aliphatic rings. The molecule has 16 heavy (non-hydrogen) atoms. The lowest BCUT2D eigenvalue weighted by Crippen LogP contribution is -2.26. The second-order valence-corrected chi connectivity index (χ2v) is 3.62. The first-order valence-electron chi connectivity index (χ1n) is 4.60. The summed E-state index contributed by atoms with van der Waals surface area (Å²) >= 11 is 5.71. The van der Waals surface area contributed by atoms with Gasteiger partial charge in [0.2, 0.25) is 6.29 Å². The fraction of sp³-hybridized carbons (Fsp3) is 0.364. The Morgan fingerprint density at radius 3 is 2.62 bits per heavy atom. The van der Waals surface area contributed by atoms with Gasteiger partial charge in [0.1, 0.15) is 5.82 Å². The molecule has 0 saturated carbocycles. The van der Waals surface area contributed by atoms with E-state index in [9.17, 15) is 9.18 Å². The van der Waals surface area contributed by atoms with Crippen LogP contribution in [0.2, 0.25) is 5.02 Å². The van der Waals surface area contributed by atoms with Crippen molar-refractivity contribution in [2.45, 2.75) is 12.7 Å². The zero-order valence-corrected chi connectivity index (χ0v) is 9.75. The maximum Gasteiger partial charge on any atom is 0.217 e. The molecule has 88 valence electrons. The molecule has 5 heteroatoms. The van der Waals surface area contributed by atoms with Crippen LogP contribution in [0.1, 0.15) is 5.56 Å². The van der Waals surface area contributed by atoms with E-state index < -0.39 is 12.1 Å². The van der Waals surface area contributed by atoms with Gasteiger partial charge in [0, 0.05) is 25.7 Å². The van der Waals surface area contributed by atoms with Gasteiger partial charge in [0.05, 0.1) is 0 Å². The highest BCUT2D eigenvalue weighted by Gasteiger charge is 2.18. The number of ether oxygens (including phenoxy) is 2. The van der Waals surface area contributed by atoms with E-state index in [0.29, 0.717) is 5.02 Å². The molecule has 0 saturated heterocycles. The van der Waals surface area contributed by atoms with Gasteiger partial charge in [-0.2, -0.15) is 0 Å². The molecule has 0 aliphatic carbocycles. The minimum absolute atomic E-state index is 0.112. The third-order valence-corrected chi connectivity index (χ3v) is 2.30. The fourth-order valence-electron chi connectivity index (χ4n) is 1.31. The quantitative estimate of drug-likeness (QED) is 0.748. The minimum atomic E-state index is -0.974. The van der Waals surface area contributed by atoms with Crippen molar-refractivity contribution >= 4 is 17.4 Å². The zero-order chi connectivity index (χ0) is 12.1. The second-order valence-electron chi connectivity index (χ2n) is 3.18. The van der Waals surface area contributed by atoms with Crippen LogP contribution in [0.3, 0.4) is 0 Å². The van der Waals surface area contributed by atoms with E-state index in [1.165, 1.54) is 32.4 Å². The number of hydrogen-bond donors (Lipinski definition) is 0. The fourth-order valence-corrected chi connectivity index (χ4v) is 1.50. The Kier molecular flexibility index (Phi) is 4.86. The number of ketones is 1. The van der Waals surface area contributed by atoms with Crippen LogP contribution >= 0.6 is 11.6 Å². The van der Waals surface area contributed by atoms with Crippen LogP contribution in [-0.2, 0) is 20.7 Å². The Labute approximate surface area is 98.1 Å². The molecule has 1 aromatic rings. The lowest BCUT2D eigenvalue weighted by atomic mass is 10.1. The number of hydrogen-bond acceptors (Lipinski definition) is 3. The molecule has 1 aromatic carbocycles. The predicted molar refractivity (Wildman–Crippen MR) is 57.9 cm³/mol. The first-order valence-corrected chi connectivity index (χ1v) is 4.98. The number of benzene rings is 1. The minimum Gasteiger partial charge on any atom is -0.349 e. The second kappa shape index (κ2) is 5.94. The Bertz CT molecular complexity index is 377.